The van der Waals surface area contributed by atoms with Crippen molar-refractivity contribution in [2.45, 2.75) is 103 Å². The zero-order valence-corrected chi connectivity index (χ0v) is 41.2. The number of carboxylic acids is 1. The molecule has 0 radical (unpaired) electrons. The van der Waals surface area contributed by atoms with Crippen LogP contribution >= 0.6 is 0 Å². The maximum absolute atomic E-state index is 11.9. The normalized spacial score (nSPS) is 16.3. The summed E-state index contributed by atoms with van der Waals surface area (Å²) in [4.78, 5) is 69.3. The second kappa shape index (κ2) is 27.4. The van der Waals surface area contributed by atoms with Gasteiger partial charge in [-0.2, -0.15) is 0 Å². The van der Waals surface area contributed by atoms with Crippen LogP contribution in [-0.2, 0) is 33.5 Å². The molecule has 0 bridgehead atoms. The van der Waals surface area contributed by atoms with Crippen LogP contribution < -0.4 is 9.47 Å². The topological polar surface area (TPSA) is 300 Å². The summed E-state index contributed by atoms with van der Waals surface area (Å²) in [5, 5.41) is 34.9. The van der Waals surface area contributed by atoms with Crippen molar-refractivity contribution in [1.82, 2.24) is 5.06 Å². The van der Waals surface area contributed by atoms with Crippen molar-refractivity contribution in [3.8, 4) is 23.6 Å². The minimum absolute atomic E-state index is 0.0252. The van der Waals surface area contributed by atoms with Gasteiger partial charge in [-0.3, -0.25) is 14.4 Å². The molecule has 23 nitrogen and oxygen atoms in total. The van der Waals surface area contributed by atoms with E-state index in [-0.39, 0.29) is 72.3 Å². The number of nitriles is 2. The molecule has 2 aromatic rings. The Morgan fingerprint density at radius 2 is 1.13 bits per heavy atom. The van der Waals surface area contributed by atoms with Gasteiger partial charge in [0.25, 0.3) is 23.2 Å². The lowest BCUT2D eigenvalue weighted by atomic mass is 9.96. The number of unbranched alkanes of at least 4 members (excludes halogenated alkanes) is 4. The summed E-state index contributed by atoms with van der Waals surface area (Å²) in [5.74, 6) is -1.91. The van der Waals surface area contributed by atoms with E-state index in [0.717, 1.165) is 0 Å². The van der Waals surface area contributed by atoms with E-state index < -0.39 is 35.0 Å². The predicted octanol–water partition coefficient (Wildman–Crippen LogP) is 12.1. The number of ether oxygens (including phenoxy) is 4. The summed E-state index contributed by atoms with van der Waals surface area (Å²) in [6.07, 6.45) is 10.5. The van der Waals surface area contributed by atoms with Crippen LogP contribution in [0.3, 0.4) is 0 Å². The first kappa shape index (κ1) is 57.3. The molecule has 380 valence electrons. The number of carbonyl (C=O) groups is 4. The van der Waals surface area contributed by atoms with E-state index in [1.807, 2.05) is 0 Å². The highest BCUT2D eigenvalue weighted by Crippen LogP contribution is 2.43. The first-order valence-electron chi connectivity index (χ1n) is 22.9. The maximum Gasteiger partial charge on any atom is 0.333 e. The van der Waals surface area contributed by atoms with Crippen LogP contribution in [0.25, 0.3) is 52.4 Å². The zero-order chi connectivity index (χ0) is 55.1. The SMILES string of the molecule is [C-]#[N+]C1=C(/C=C/c2ccc(N=[N+]=[N-])c(OCCCCCC(=O)O)c2)C(C)(C)O/C1=C(\C#N)[N+]#[C-].[C-]#[N+]C1=C(/C=C/c2ccc(N=[N+]=[N-])c(OCCCCCC(=O)ON3C(=O)CCC3=O)c2)C(C)(C)O/C1=C(\C#N)[N+]#[C-]. The molecule has 0 spiro atoms. The Kier molecular flexibility index (Phi) is 20.9. The molecule has 3 aliphatic rings. The number of azide groups is 2. The Morgan fingerprint density at radius 3 is 1.51 bits per heavy atom. The van der Waals surface area contributed by atoms with E-state index in [4.69, 9.17) is 66.2 Å². The van der Waals surface area contributed by atoms with Gasteiger partial charge in [0.2, 0.25) is 11.4 Å². The van der Waals surface area contributed by atoms with Gasteiger partial charge >= 0.3 is 11.9 Å². The van der Waals surface area contributed by atoms with Gasteiger partial charge in [0.05, 0.1) is 63.0 Å². The van der Waals surface area contributed by atoms with Gasteiger partial charge in [-0.05, 0) is 113 Å². The maximum atomic E-state index is 11.9. The number of hydrogen-bond donors (Lipinski definition) is 1. The average Bonchev–Trinajstić information content (AvgIpc) is 3.94. The lowest BCUT2D eigenvalue weighted by Gasteiger charge is -2.22. The first-order valence-corrected chi connectivity index (χ1v) is 22.9. The Morgan fingerprint density at radius 1 is 0.707 bits per heavy atom. The summed E-state index contributed by atoms with van der Waals surface area (Å²) in [5.41, 5.74) is 18.5. The van der Waals surface area contributed by atoms with Crippen molar-refractivity contribution in [2.75, 3.05) is 13.2 Å². The number of hydrogen-bond acceptors (Lipinski definition) is 13. The molecule has 75 heavy (non-hydrogen) atoms. The Labute approximate surface area is 431 Å². The number of carbonyl (C=O) groups excluding carboxylic acids is 3. The smallest absolute Gasteiger partial charge is 0.333 e. The van der Waals surface area contributed by atoms with Crippen LogP contribution in [-0.4, -0.2) is 58.3 Å². The zero-order valence-electron chi connectivity index (χ0n) is 41.2. The summed E-state index contributed by atoms with van der Waals surface area (Å²) >= 11 is 0. The molecule has 1 fully saturated rings. The van der Waals surface area contributed by atoms with E-state index in [0.29, 0.717) is 89.7 Å². The molecule has 0 aromatic heterocycles. The standard InChI is InChI=1S/C28H25N7O6.C24H22N6O4/c1-28(2)19(26(32-4)27(40-28)21(17-29)31-3)11-9-18-10-12-20(33-34-30)22(16-18)39-15-7-5-6-8-25(38)41-35-23(36)13-14-24(35)37;1-24(2)17(22(28-4)23(34-24)19(15-25)27-3)11-9-16-10-12-18(29-30-26)20(14-16)33-13-7-5-6-8-21(31)32/h9-12,16H,5-8,13-15H2,1-2H3;9-12,14H,5-8,13H2,1-2H3,(H,31,32)/b11-9+,27-21+;11-9+,23-19+. The summed E-state index contributed by atoms with van der Waals surface area (Å²) in [6, 6.07) is 13.5. The van der Waals surface area contributed by atoms with E-state index in [1.54, 1.807) is 101 Å². The van der Waals surface area contributed by atoms with E-state index in [2.05, 4.69) is 39.4 Å². The van der Waals surface area contributed by atoms with E-state index in [9.17, 15) is 29.7 Å². The van der Waals surface area contributed by atoms with Gasteiger partial charge in [0.15, 0.2) is 0 Å². The monoisotopic (exact) mass is 1010 g/mol. The molecule has 5 rings (SSSR count). The summed E-state index contributed by atoms with van der Waals surface area (Å²) in [6.45, 7) is 37.0. The van der Waals surface area contributed by atoms with E-state index in [1.165, 1.54) is 0 Å². The van der Waals surface area contributed by atoms with Crippen molar-refractivity contribution in [3.63, 3.8) is 0 Å². The molecule has 0 saturated carbocycles. The molecule has 0 aliphatic carbocycles. The van der Waals surface area contributed by atoms with Gasteiger partial charge < -0.3 is 28.9 Å². The van der Waals surface area contributed by atoms with Crippen molar-refractivity contribution in [1.29, 1.82) is 10.5 Å². The lowest BCUT2D eigenvalue weighted by Crippen LogP contribution is -2.31. The molecule has 0 atom stereocenters. The quantitative estimate of drug-likeness (QED) is 0.0232. The highest BCUT2D eigenvalue weighted by molar-refractivity contribution is 6.01. The molecule has 0 unspecified atom stereocenters. The number of carboxylic acid groups (broad SMARTS) is 1. The lowest BCUT2D eigenvalue weighted by molar-refractivity contribution is -0.197. The summed E-state index contributed by atoms with van der Waals surface area (Å²) in [7, 11) is 0. The number of amides is 2. The molecule has 3 heterocycles. The molecule has 3 aliphatic heterocycles. The Bertz CT molecular complexity index is 3130. The minimum atomic E-state index is -0.950. The second-order valence-electron chi connectivity index (χ2n) is 17.0. The average molecular weight is 1010 g/mol. The fourth-order valence-electron chi connectivity index (χ4n) is 7.28. The molecule has 2 aromatic carbocycles. The largest absolute Gasteiger partial charge is 0.505 e. The minimum Gasteiger partial charge on any atom is -0.505 e. The fourth-order valence-corrected chi connectivity index (χ4v) is 7.28. The Balaban J connectivity index is 0.000000330. The Hall–Kier alpha value is -10.3. The number of aliphatic carboxylic acids is 1. The van der Waals surface area contributed by atoms with Crippen LogP contribution in [0.4, 0.5) is 11.4 Å². The van der Waals surface area contributed by atoms with Gasteiger partial charge in [0, 0.05) is 46.7 Å². The molecular weight excluding hydrogens is 967 g/mol. The molecule has 1 saturated heterocycles. The van der Waals surface area contributed by atoms with Crippen molar-refractivity contribution in [2.24, 2.45) is 10.2 Å². The number of hydroxylamine groups is 2. The highest BCUT2D eigenvalue weighted by atomic mass is 16.7. The number of nitrogens with zero attached hydrogens (tertiary/aromatic N) is 13. The van der Waals surface area contributed by atoms with Crippen LogP contribution in [0.5, 0.6) is 11.5 Å². The van der Waals surface area contributed by atoms with Crippen LogP contribution in [0.1, 0.15) is 103 Å². The number of rotatable bonds is 21. The fraction of sp³-hybridized carbons (Fsp3) is 0.346. The van der Waals surface area contributed by atoms with Gasteiger partial charge in [-0.1, -0.05) is 46.7 Å². The second-order valence-corrected chi connectivity index (χ2v) is 17.0. The molecule has 23 heteroatoms. The predicted molar refractivity (Wildman–Crippen MR) is 267 cm³/mol. The van der Waals surface area contributed by atoms with Gasteiger partial charge in [0.1, 0.15) is 34.2 Å². The van der Waals surface area contributed by atoms with Crippen molar-refractivity contribution in [3.05, 3.63) is 172 Å². The number of benzene rings is 2. The first-order chi connectivity index (χ1) is 35.9. The van der Waals surface area contributed by atoms with Crippen LogP contribution in [0.2, 0.25) is 0 Å². The number of imide groups is 1. The van der Waals surface area contributed by atoms with Crippen LogP contribution in [0, 0.1) is 49.0 Å². The molecule has 2 amide bonds. The third-order valence-electron chi connectivity index (χ3n) is 11.0. The molecular formula is C52H47N13O10. The third kappa shape index (κ3) is 15.6. The molecule has 1 N–H and O–H groups in total. The van der Waals surface area contributed by atoms with Crippen molar-refractivity contribution < 1.29 is 48.1 Å². The van der Waals surface area contributed by atoms with Crippen molar-refractivity contribution >= 4 is 47.3 Å². The van der Waals surface area contributed by atoms with Crippen LogP contribution in [0.15, 0.2) is 104 Å². The van der Waals surface area contributed by atoms with Gasteiger partial charge in [-0.25, -0.2) is 34.7 Å². The highest BCUT2D eigenvalue weighted by Gasteiger charge is 2.40. The number of allylic oxidation sites excluding steroid dienone is 2. The van der Waals surface area contributed by atoms with Gasteiger partial charge in [-0.15, -0.1) is 5.06 Å². The third-order valence-corrected chi connectivity index (χ3v) is 11.0. The summed E-state index contributed by atoms with van der Waals surface area (Å²) < 4.78 is 23.1. The van der Waals surface area contributed by atoms with E-state index >= 15 is 0 Å².